The summed E-state index contributed by atoms with van der Waals surface area (Å²) >= 11 is 0. The van der Waals surface area contributed by atoms with E-state index in [0.717, 1.165) is 16.5 Å². The van der Waals surface area contributed by atoms with E-state index in [1.807, 2.05) is 37.3 Å². The van der Waals surface area contributed by atoms with Gasteiger partial charge >= 0.3 is 5.97 Å². The molecule has 19 heavy (non-hydrogen) atoms. The minimum absolute atomic E-state index is 0.249. The van der Waals surface area contributed by atoms with Gasteiger partial charge in [-0.2, -0.15) is 0 Å². The molecule has 0 aliphatic carbocycles. The lowest BCUT2D eigenvalue weighted by molar-refractivity contribution is 0.0697. The minimum Gasteiger partial charge on any atom is -0.478 e. The first-order valence-corrected chi connectivity index (χ1v) is 5.98. The minimum atomic E-state index is -0.951. The lowest BCUT2D eigenvalue weighted by Gasteiger charge is -2.01. The van der Waals surface area contributed by atoms with E-state index < -0.39 is 5.97 Å². The number of carboxylic acids is 1. The molecule has 0 amide bonds. The van der Waals surface area contributed by atoms with Gasteiger partial charge in [-0.15, -0.1) is 0 Å². The molecule has 0 spiro atoms. The summed E-state index contributed by atoms with van der Waals surface area (Å²) in [5.41, 5.74) is 2.69. The molecule has 3 aromatic rings. The van der Waals surface area contributed by atoms with Crippen LogP contribution in [-0.4, -0.2) is 11.1 Å². The van der Waals surface area contributed by atoms with Crippen LogP contribution in [0.4, 0.5) is 0 Å². The molecule has 0 bridgehead atoms. The quantitative estimate of drug-likeness (QED) is 0.746. The standard InChI is InChI=1S/C16H12O3/c1-10-5-4-6-11-9-14(19-15(10)11)12-7-2-3-8-13(12)16(17)18/h2-9H,1H3,(H,17,18). The maximum atomic E-state index is 11.2. The highest BCUT2D eigenvalue weighted by molar-refractivity contribution is 5.96. The summed E-state index contributed by atoms with van der Waals surface area (Å²) in [4.78, 5) is 11.2. The fourth-order valence-corrected chi connectivity index (χ4v) is 2.23. The van der Waals surface area contributed by atoms with Crippen molar-refractivity contribution in [1.82, 2.24) is 0 Å². The maximum Gasteiger partial charge on any atom is 0.336 e. The Labute approximate surface area is 110 Å². The Morgan fingerprint density at radius 2 is 1.89 bits per heavy atom. The molecule has 2 aromatic carbocycles. The summed E-state index contributed by atoms with van der Waals surface area (Å²) < 4.78 is 5.81. The molecule has 1 aromatic heterocycles. The molecule has 0 atom stereocenters. The average molecular weight is 252 g/mol. The monoisotopic (exact) mass is 252 g/mol. The van der Waals surface area contributed by atoms with Crippen molar-refractivity contribution in [2.24, 2.45) is 0 Å². The van der Waals surface area contributed by atoms with Crippen LogP contribution in [0, 0.1) is 6.92 Å². The summed E-state index contributed by atoms with van der Waals surface area (Å²) in [6.07, 6.45) is 0. The first-order valence-electron chi connectivity index (χ1n) is 5.98. The smallest absolute Gasteiger partial charge is 0.336 e. The number of aryl methyl sites for hydroxylation is 1. The summed E-state index contributed by atoms with van der Waals surface area (Å²) in [7, 11) is 0. The Hall–Kier alpha value is -2.55. The van der Waals surface area contributed by atoms with Gasteiger partial charge in [0, 0.05) is 10.9 Å². The largest absolute Gasteiger partial charge is 0.478 e. The second-order valence-corrected chi connectivity index (χ2v) is 4.45. The van der Waals surface area contributed by atoms with E-state index in [0.29, 0.717) is 11.3 Å². The van der Waals surface area contributed by atoms with E-state index in [1.54, 1.807) is 18.2 Å². The number of hydrogen-bond donors (Lipinski definition) is 1. The van der Waals surface area contributed by atoms with E-state index >= 15 is 0 Å². The van der Waals surface area contributed by atoms with Crippen LogP contribution in [0.1, 0.15) is 15.9 Å². The average Bonchev–Trinajstić information content (AvgIpc) is 2.84. The van der Waals surface area contributed by atoms with Gasteiger partial charge in [-0.25, -0.2) is 4.79 Å². The number of fused-ring (bicyclic) bond motifs is 1. The molecule has 0 aliphatic rings. The van der Waals surface area contributed by atoms with Crippen LogP contribution in [0.15, 0.2) is 52.9 Å². The number of rotatable bonds is 2. The van der Waals surface area contributed by atoms with Crippen molar-refractivity contribution in [3.63, 3.8) is 0 Å². The Kier molecular flexibility index (Phi) is 2.60. The summed E-state index contributed by atoms with van der Waals surface area (Å²) in [5, 5.41) is 10.2. The first-order chi connectivity index (χ1) is 9.16. The van der Waals surface area contributed by atoms with Gasteiger partial charge in [0.15, 0.2) is 0 Å². The van der Waals surface area contributed by atoms with Gasteiger partial charge in [0.1, 0.15) is 11.3 Å². The number of aromatic carboxylic acids is 1. The molecule has 0 radical (unpaired) electrons. The number of furan rings is 1. The van der Waals surface area contributed by atoms with Crippen molar-refractivity contribution in [3.05, 3.63) is 59.7 Å². The van der Waals surface area contributed by atoms with Crippen LogP contribution in [-0.2, 0) is 0 Å². The number of carbonyl (C=O) groups is 1. The number of para-hydroxylation sites is 1. The van der Waals surface area contributed by atoms with Crippen LogP contribution in [0.5, 0.6) is 0 Å². The second kappa shape index (κ2) is 4.28. The van der Waals surface area contributed by atoms with Crippen molar-refractivity contribution < 1.29 is 14.3 Å². The topological polar surface area (TPSA) is 50.4 Å². The van der Waals surface area contributed by atoms with Crippen molar-refractivity contribution in [2.75, 3.05) is 0 Å². The van der Waals surface area contributed by atoms with Crippen molar-refractivity contribution in [1.29, 1.82) is 0 Å². The van der Waals surface area contributed by atoms with E-state index in [4.69, 9.17) is 4.42 Å². The molecular formula is C16H12O3. The van der Waals surface area contributed by atoms with E-state index in [2.05, 4.69) is 0 Å². The third kappa shape index (κ3) is 1.89. The molecule has 0 unspecified atom stereocenters. The normalized spacial score (nSPS) is 10.8. The van der Waals surface area contributed by atoms with Crippen LogP contribution in [0.3, 0.4) is 0 Å². The molecule has 0 saturated heterocycles. The maximum absolute atomic E-state index is 11.2. The molecule has 0 fully saturated rings. The lowest BCUT2D eigenvalue weighted by atomic mass is 10.1. The summed E-state index contributed by atoms with van der Waals surface area (Å²) in [6.45, 7) is 1.97. The van der Waals surface area contributed by atoms with Gasteiger partial charge in [-0.3, -0.25) is 0 Å². The fourth-order valence-electron chi connectivity index (χ4n) is 2.23. The highest BCUT2D eigenvalue weighted by atomic mass is 16.4. The van der Waals surface area contributed by atoms with Crippen LogP contribution in [0.25, 0.3) is 22.3 Å². The van der Waals surface area contributed by atoms with Gasteiger partial charge in [0.05, 0.1) is 5.56 Å². The van der Waals surface area contributed by atoms with E-state index in [-0.39, 0.29) is 5.56 Å². The van der Waals surface area contributed by atoms with Crippen molar-refractivity contribution in [2.45, 2.75) is 6.92 Å². The predicted octanol–water partition coefficient (Wildman–Crippen LogP) is 4.11. The summed E-state index contributed by atoms with van der Waals surface area (Å²) in [6, 6.07) is 14.6. The van der Waals surface area contributed by atoms with Gasteiger partial charge in [0.2, 0.25) is 0 Å². The summed E-state index contributed by atoms with van der Waals surface area (Å²) in [5.74, 6) is -0.366. The Bertz CT molecular complexity index is 769. The molecule has 3 rings (SSSR count). The Morgan fingerprint density at radius 3 is 2.63 bits per heavy atom. The Morgan fingerprint density at radius 1 is 1.11 bits per heavy atom. The molecule has 1 heterocycles. The second-order valence-electron chi connectivity index (χ2n) is 4.45. The van der Waals surface area contributed by atoms with Crippen LogP contribution < -0.4 is 0 Å². The SMILES string of the molecule is Cc1cccc2cc(-c3ccccc3C(=O)O)oc12. The van der Waals surface area contributed by atoms with E-state index in [1.165, 1.54) is 0 Å². The molecule has 0 saturated carbocycles. The number of benzene rings is 2. The molecule has 3 nitrogen and oxygen atoms in total. The van der Waals surface area contributed by atoms with Gasteiger partial charge in [-0.1, -0.05) is 36.4 Å². The first kappa shape index (κ1) is 11.5. The molecule has 94 valence electrons. The molecule has 0 aliphatic heterocycles. The van der Waals surface area contributed by atoms with Crippen molar-refractivity contribution >= 4 is 16.9 Å². The molecule has 3 heteroatoms. The van der Waals surface area contributed by atoms with Gasteiger partial charge < -0.3 is 9.52 Å². The zero-order valence-corrected chi connectivity index (χ0v) is 10.4. The number of carboxylic acid groups (broad SMARTS) is 1. The van der Waals surface area contributed by atoms with Gasteiger partial charge in [-0.05, 0) is 24.6 Å². The zero-order valence-electron chi connectivity index (χ0n) is 10.4. The third-order valence-corrected chi connectivity index (χ3v) is 3.16. The zero-order chi connectivity index (χ0) is 13.4. The molecule has 1 N–H and O–H groups in total. The van der Waals surface area contributed by atoms with Gasteiger partial charge in [0.25, 0.3) is 0 Å². The number of hydrogen-bond acceptors (Lipinski definition) is 2. The van der Waals surface area contributed by atoms with E-state index in [9.17, 15) is 9.90 Å². The predicted molar refractivity (Wildman–Crippen MR) is 73.3 cm³/mol. The highest BCUT2D eigenvalue weighted by Gasteiger charge is 2.14. The van der Waals surface area contributed by atoms with Crippen LogP contribution in [0.2, 0.25) is 0 Å². The highest BCUT2D eigenvalue weighted by Crippen LogP contribution is 2.31. The lowest BCUT2D eigenvalue weighted by Crippen LogP contribution is -1.98. The Balaban J connectivity index is 2.25. The van der Waals surface area contributed by atoms with Crippen molar-refractivity contribution in [3.8, 4) is 11.3 Å². The fraction of sp³-hybridized carbons (Fsp3) is 0.0625. The van der Waals surface area contributed by atoms with Crippen LogP contribution >= 0.6 is 0 Å². The third-order valence-electron chi connectivity index (χ3n) is 3.16. The molecular weight excluding hydrogens is 240 g/mol.